The maximum atomic E-state index is 12.9. The zero-order chi connectivity index (χ0) is 22.7. The molecule has 7 nitrogen and oxygen atoms in total. The van der Waals surface area contributed by atoms with E-state index in [4.69, 9.17) is 15.2 Å². The fourth-order valence-electron chi connectivity index (χ4n) is 4.14. The summed E-state index contributed by atoms with van der Waals surface area (Å²) in [5, 5.41) is 5.06. The summed E-state index contributed by atoms with van der Waals surface area (Å²) in [7, 11) is 3.25. The number of rotatable bonds is 7. The molecule has 0 bridgehead atoms. The van der Waals surface area contributed by atoms with Gasteiger partial charge in [-0.3, -0.25) is 14.5 Å². The lowest BCUT2D eigenvalue weighted by atomic mass is 9.87. The van der Waals surface area contributed by atoms with Crippen molar-refractivity contribution in [3.63, 3.8) is 0 Å². The highest BCUT2D eigenvalue weighted by molar-refractivity contribution is 7.14. The molecule has 3 aromatic rings. The van der Waals surface area contributed by atoms with E-state index in [1.54, 1.807) is 25.7 Å². The van der Waals surface area contributed by atoms with Gasteiger partial charge in [0, 0.05) is 6.54 Å². The van der Waals surface area contributed by atoms with Crippen LogP contribution in [0.4, 0.5) is 5.00 Å². The van der Waals surface area contributed by atoms with Crippen LogP contribution in [0.15, 0.2) is 53.9 Å². The van der Waals surface area contributed by atoms with Crippen LogP contribution in [0.1, 0.15) is 33.1 Å². The summed E-state index contributed by atoms with van der Waals surface area (Å²) < 4.78 is 11.0. The Hall–Kier alpha value is -3.36. The smallest absolute Gasteiger partial charge is 0.251 e. The second-order valence-electron chi connectivity index (χ2n) is 7.52. The third kappa shape index (κ3) is 4.32. The molecule has 0 radical (unpaired) electrons. The van der Waals surface area contributed by atoms with Gasteiger partial charge in [-0.05, 0) is 46.7 Å². The van der Waals surface area contributed by atoms with Gasteiger partial charge in [-0.2, -0.15) is 0 Å². The molecular weight excluding hydrogens is 426 g/mol. The Labute approximate surface area is 190 Å². The molecule has 0 saturated heterocycles. The van der Waals surface area contributed by atoms with Gasteiger partial charge in [0.05, 0.1) is 32.4 Å². The molecule has 166 valence electrons. The Morgan fingerprint density at radius 2 is 1.84 bits per heavy atom. The van der Waals surface area contributed by atoms with Crippen molar-refractivity contribution in [2.75, 3.05) is 32.6 Å². The molecule has 1 atom stereocenters. The molecule has 2 aromatic carbocycles. The van der Waals surface area contributed by atoms with Gasteiger partial charge in [0.1, 0.15) is 5.00 Å². The Morgan fingerprint density at radius 1 is 1.12 bits per heavy atom. The van der Waals surface area contributed by atoms with E-state index in [1.165, 1.54) is 16.9 Å². The van der Waals surface area contributed by atoms with Crippen LogP contribution in [-0.4, -0.2) is 44.0 Å². The van der Waals surface area contributed by atoms with E-state index in [1.807, 2.05) is 30.3 Å². The number of nitrogens with two attached hydrogens (primary N) is 1. The van der Waals surface area contributed by atoms with Gasteiger partial charge in [0.15, 0.2) is 11.5 Å². The molecule has 1 aliphatic rings. The SMILES string of the molecule is COc1cc2c(cc1OC)[C@H](c1ccccc1)N(CC(=O)Nc1sccc1C(N)=O)CC2. The van der Waals surface area contributed by atoms with E-state index in [0.29, 0.717) is 28.6 Å². The van der Waals surface area contributed by atoms with Crippen LogP contribution in [0, 0.1) is 0 Å². The highest BCUT2D eigenvalue weighted by Crippen LogP contribution is 2.40. The van der Waals surface area contributed by atoms with Crippen molar-refractivity contribution in [2.45, 2.75) is 12.5 Å². The minimum Gasteiger partial charge on any atom is -0.493 e. The molecule has 0 spiro atoms. The fraction of sp³-hybridized carbons (Fsp3) is 0.250. The van der Waals surface area contributed by atoms with Gasteiger partial charge in [-0.15, -0.1) is 11.3 Å². The van der Waals surface area contributed by atoms with Crippen molar-refractivity contribution in [3.05, 3.63) is 76.2 Å². The predicted molar refractivity (Wildman–Crippen MR) is 125 cm³/mol. The van der Waals surface area contributed by atoms with Gasteiger partial charge in [-0.25, -0.2) is 0 Å². The number of amides is 2. The minimum atomic E-state index is -0.559. The standard InChI is InChI=1S/C24H25N3O4S/c1-30-19-12-16-8-10-27(14-21(28)26-24-17(23(25)29)9-11-32-24)22(15-6-4-3-5-7-15)18(16)13-20(19)31-2/h3-7,9,11-13,22H,8,10,14H2,1-2H3,(H2,25,29)(H,26,28)/t22-/m0/s1. The van der Waals surface area contributed by atoms with Gasteiger partial charge in [-0.1, -0.05) is 30.3 Å². The number of primary amides is 1. The van der Waals surface area contributed by atoms with Crippen LogP contribution in [-0.2, 0) is 11.2 Å². The number of anilines is 1. The lowest BCUT2D eigenvalue weighted by Crippen LogP contribution is -2.41. The molecule has 2 amide bonds. The number of fused-ring (bicyclic) bond motifs is 1. The number of carbonyl (C=O) groups is 2. The van der Waals surface area contributed by atoms with E-state index >= 15 is 0 Å². The average molecular weight is 452 g/mol. The Bertz CT molecular complexity index is 1130. The van der Waals surface area contributed by atoms with Crippen molar-refractivity contribution >= 4 is 28.2 Å². The minimum absolute atomic E-state index is 0.121. The first-order valence-electron chi connectivity index (χ1n) is 10.2. The first-order valence-corrected chi connectivity index (χ1v) is 11.1. The summed E-state index contributed by atoms with van der Waals surface area (Å²) in [5.74, 6) is 0.598. The van der Waals surface area contributed by atoms with Gasteiger partial charge in [0.2, 0.25) is 5.91 Å². The van der Waals surface area contributed by atoms with Crippen molar-refractivity contribution in [2.24, 2.45) is 5.73 Å². The molecule has 0 unspecified atom stereocenters. The topological polar surface area (TPSA) is 93.9 Å². The van der Waals surface area contributed by atoms with Gasteiger partial charge in [0.25, 0.3) is 5.91 Å². The van der Waals surface area contributed by atoms with Crippen LogP contribution in [0.5, 0.6) is 11.5 Å². The maximum Gasteiger partial charge on any atom is 0.251 e. The second kappa shape index (κ2) is 9.42. The van der Waals surface area contributed by atoms with E-state index in [0.717, 1.165) is 17.5 Å². The first kappa shape index (κ1) is 21.9. The van der Waals surface area contributed by atoms with Crippen molar-refractivity contribution in [1.82, 2.24) is 4.90 Å². The molecule has 32 heavy (non-hydrogen) atoms. The Kier molecular flexibility index (Phi) is 6.43. The molecule has 3 N–H and O–H groups in total. The second-order valence-corrected chi connectivity index (χ2v) is 8.43. The van der Waals surface area contributed by atoms with E-state index in [-0.39, 0.29) is 18.5 Å². The number of nitrogens with zero attached hydrogens (tertiary/aromatic N) is 1. The number of nitrogens with one attached hydrogen (secondary N) is 1. The number of thiophene rings is 1. The molecule has 4 rings (SSSR count). The quantitative estimate of drug-likeness (QED) is 0.574. The molecule has 8 heteroatoms. The number of hydrogen-bond donors (Lipinski definition) is 2. The summed E-state index contributed by atoms with van der Waals surface area (Å²) in [6, 6.07) is 15.6. The van der Waals surface area contributed by atoms with E-state index < -0.39 is 5.91 Å². The molecule has 0 fully saturated rings. The van der Waals surface area contributed by atoms with Crippen LogP contribution in [0.25, 0.3) is 0 Å². The number of ether oxygens (including phenoxy) is 2. The monoisotopic (exact) mass is 451 g/mol. The molecule has 0 saturated carbocycles. The molecule has 1 aromatic heterocycles. The Morgan fingerprint density at radius 3 is 2.53 bits per heavy atom. The number of methoxy groups -OCH3 is 2. The largest absolute Gasteiger partial charge is 0.493 e. The normalized spacial score (nSPS) is 15.6. The van der Waals surface area contributed by atoms with Gasteiger partial charge >= 0.3 is 0 Å². The zero-order valence-electron chi connectivity index (χ0n) is 18.0. The predicted octanol–water partition coefficient (Wildman–Crippen LogP) is 3.45. The highest BCUT2D eigenvalue weighted by atomic mass is 32.1. The molecule has 0 aliphatic carbocycles. The zero-order valence-corrected chi connectivity index (χ0v) is 18.8. The van der Waals surface area contributed by atoms with Crippen molar-refractivity contribution < 1.29 is 19.1 Å². The number of carbonyl (C=O) groups excluding carboxylic acids is 2. The number of benzene rings is 2. The fourth-order valence-corrected chi connectivity index (χ4v) is 4.95. The highest BCUT2D eigenvalue weighted by Gasteiger charge is 2.31. The lowest BCUT2D eigenvalue weighted by Gasteiger charge is -2.37. The summed E-state index contributed by atoms with van der Waals surface area (Å²) in [5.41, 5.74) is 9.07. The summed E-state index contributed by atoms with van der Waals surface area (Å²) >= 11 is 1.28. The molecule has 1 aliphatic heterocycles. The maximum absolute atomic E-state index is 12.9. The van der Waals surface area contributed by atoms with Crippen LogP contribution in [0.3, 0.4) is 0 Å². The van der Waals surface area contributed by atoms with E-state index in [9.17, 15) is 9.59 Å². The van der Waals surface area contributed by atoms with E-state index in [2.05, 4.69) is 22.3 Å². The van der Waals surface area contributed by atoms with Crippen LogP contribution >= 0.6 is 11.3 Å². The molecular formula is C24H25N3O4S. The third-order valence-electron chi connectivity index (χ3n) is 5.62. The Balaban J connectivity index is 1.65. The third-order valence-corrected chi connectivity index (χ3v) is 6.45. The average Bonchev–Trinajstić information content (AvgIpc) is 3.26. The lowest BCUT2D eigenvalue weighted by molar-refractivity contribution is -0.117. The van der Waals surface area contributed by atoms with Crippen molar-refractivity contribution in [3.8, 4) is 11.5 Å². The summed E-state index contributed by atoms with van der Waals surface area (Å²) in [6.07, 6.45) is 0.776. The summed E-state index contributed by atoms with van der Waals surface area (Å²) in [4.78, 5) is 26.6. The van der Waals surface area contributed by atoms with Gasteiger partial charge < -0.3 is 20.5 Å². The summed E-state index contributed by atoms with van der Waals surface area (Å²) in [6.45, 7) is 0.867. The molecule has 2 heterocycles. The van der Waals surface area contributed by atoms with Crippen LogP contribution < -0.4 is 20.5 Å². The first-order chi connectivity index (χ1) is 15.5. The number of hydrogen-bond acceptors (Lipinski definition) is 6. The van der Waals surface area contributed by atoms with Crippen molar-refractivity contribution in [1.29, 1.82) is 0 Å². The van der Waals surface area contributed by atoms with Crippen LogP contribution in [0.2, 0.25) is 0 Å².